The van der Waals surface area contributed by atoms with Gasteiger partial charge in [0.1, 0.15) is 5.82 Å². The van der Waals surface area contributed by atoms with E-state index >= 15 is 0 Å². The molecule has 0 saturated heterocycles. The largest absolute Gasteiger partial charge is 0.481 e. The maximum absolute atomic E-state index is 14.0. The van der Waals surface area contributed by atoms with Crippen LogP contribution < -0.4 is 0 Å². The Morgan fingerprint density at radius 2 is 1.83 bits per heavy atom. The number of ether oxygens (including phenoxy) is 1. The van der Waals surface area contributed by atoms with Gasteiger partial charge in [-0.3, -0.25) is 4.79 Å². The van der Waals surface area contributed by atoms with Crippen molar-refractivity contribution in [1.29, 1.82) is 0 Å². The number of aryl methyl sites for hydroxylation is 1. The highest BCUT2D eigenvalue weighted by molar-refractivity contribution is 5.69. The number of rotatable bonds is 8. The molecule has 160 valence electrons. The number of carbonyl (C=O) groups is 1. The zero-order valence-electron chi connectivity index (χ0n) is 17.9. The smallest absolute Gasteiger partial charge is 0.306 e. The maximum Gasteiger partial charge on any atom is 0.306 e. The fourth-order valence-corrected chi connectivity index (χ4v) is 5.38. The number of carboxylic acid groups (broad SMARTS) is 1. The minimum Gasteiger partial charge on any atom is -0.481 e. The summed E-state index contributed by atoms with van der Waals surface area (Å²) in [5.74, 6) is -1.24. The van der Waals surface area contributed by atoms with Gasteiger partial charge in [0.2, 0.25) is 0 Å². The summed E-state index contributed by atoms with van der Waals surface area (Å²) in [5.41, 5.74) is 4.27. The molecule has 0 amide bonds. The Morgan fingerprint density at radius 1 is 1.13 bits per heavy atom. The van der Waals surface area contributed by atoms with Gasteiger partial charge in [0.05, 0.1) is 18.1 Å². The predicted octanol–water partition coefficient (Wildman–Crippen LogP) is 6.52. The average Bonchev–Trinajstić information content (AvgIpc) is 3.28. The molecule has 2 fully saturated rings. The first-order valence-corrected chi connectivity index (χ1v) is 11.0. The van der Waals surface area contributed by atoms with Gasteiger partial charge in [-0.05, 0) is 86.1 Å². The fraction of sp³-hybridized carbons (Fsp3) is 0.500. The summed E-state index contributed by atoms with van der Waals surface area (Å²) in [6.45, 7) is 4.26. The van der Waals surface area contributed by atoms with Crippen molar-refractivity contribution in [2.75, 3.05) is 0 Å². The van der Waals surface area contributed by atoms with E-state index in [1.807, 2.05) is 6.07 Å². The lowest BCUT2D eigenvalue weighted by Gasteiger charge is -2.28. The van der Waals surface area contributed by atoms with Gasteiger partial charge in [-0.2, -0.15) is 0 Å². The summed E-state index contributed by atoms with van der Waals surface area (Å²) < 4.78 is 20.5. The second-order valence-electron chi connectivity index (χ2n) is 9.59. The second-order valence-corrected chi connectivity index (χ2v) is 9.59. The zero-order valence-corrected chi connectivity index (χ0v) is 17.9. The average molecular weight is 411 g/mol. The minimum absolute atomic E-state index is 0.136. The molecule has 0 spiro atoms. The third-order valence-corrected chi connectivity index (χ3v) is 7.41. The molecule has 4 rings (SSSR count). The number of halogens is 1. The van der Waals surface area contributed by atoms with E-state index in [1.165, 1.54) is 11.6 Å². The molecule has 0 aromatic heterocycles. The summed E-state index contributed by atoms with van der Waals surface area (Å²) >= 11 is 0. The highest BCUT2D eigenvalue weighted by Gasteiger charge is 2.54. The fourth-order valence-electron chi connectivity index (χ4n) is 5.38. The van der Waals surface area contributed by atoms with E-state index < -0.39 is 5.97 Å². The van der Waals surface area contributed by atoms with E-state index in [1.54, 1.807) is 13.0 Å². The molecule has 2 aromatic carbocycles. The number of fused-ring (bicyclic) bond motifs is 2. The van der Waals surface area contributed by atoms with Gasteiger partial charge in [-0.25, -0.2) is 4.39 Å². The Balaban J connectivity index is 1.45. The van der Waals surface area contributed by atoms with E-state index in [-0.39, 0.29) is 22.8 Å². The summed E-state index contributed by atoms with van der Waals surface area (Å²) in [5, 5.41) is 9.19. The summed E-state index contributed by atoms with van der Waals surface area (Å²) in [7, 11) is 0. The lowest BCUT2D eigenvalue weighted by atomic mass is 9.78. The first-order valence-electron chi connectivity index (χ1n) is 11.0. The van der Waals surface area contributed by atoms with E-state index in [9.17, 15) is 14.3 Å². The standard InChI is InChI=1S/C26H31FO3/c1-18-3-5-20(6-4-18)23-8-7-22(27)15-21(23)16-30-26-13-11-25(17-26,12-14-26)10-9-19(2)24(28)29/h3-8,15,19H,9-14,16-17H2,1-2H3,(H,28,29). The van der Waals surface area contributed by atoms with Gasteiger partial charge < -0.3 is 9.84 Å². The maximum atomic E-state index is 14.0. The van der Waals surface area contributed by atoms with E-state index in [0.29, 0.717) is 6.61 Å². The summed E-state index contributed by atoms with van der Waals surface area (Å²) in [6.07, 6.45) is 6.93. The van der Waals surface area contributed by atoms with Gasteiger partial charge in [0.15, 0.2) is 0 Å². The van der Waals surface area contributed by atoms with Gasteiger partial charge in [-0.1, -0.05) is 42.8 Å². The second kappa shape index (κ2) is 8.14. The number of hydrogen-bond acceptors (Lipinski definition) is 2. The van der Waals surface area contributed by atoms with Crippen LogP contribution in [0.4, 0.5) is 4.39 Å². The molecular weight excluding hydrogens is 379 g/mol. The van der Waals surface area contributed by atoms with Crippen LogP contribution in [0.1, 0.15) is 63.0 Å². The van der Waals surface area contributed by atoms with Gasteiger partial charge in [0, 0.05) is 0 Å². The lowest BCUT2D eigenvalue weighted by Crippen LogP contribution is -2.26. The van der Waals surface area contributed by atoms with Crippen molar-refractivity contribution < 1.29 is 19.0 Å². The highest BCUT2D eigenvalue weighted by atomic mass is 19.1. The van der Waals surface area contributed by atoms with Crippen LogP contribution in [0.15, 0.2) is 42.5 Å². The zero-order chi connectivity index (χ0) is 21.4. The molecule has 2 saturated carbocycles. The Kier molecular flexibility index (Phi) is 5.71. The van der Waals surface area contributed by atoms with Gasteiger partial charge in [-0.15, -0.1) is 0 Å². The van der Waals surface area contributed by atoms with Crippen molar-refractivity contribution >= 4 is 5.97 Å². The number of carboxylic acids is 1. The Hall–Kier alpha value is -2.20. The molecule has 30 heavy (non-hydrogen) atoms. The normalized spacial score (nSPS) is 26.1. The molecule has 0 heterocycles. The van der Waals surface area contributed by atoms with Crippen molar-refractivity contribution in [3.8, 4) is 11.1 Å². The van der Waals surface area contributed by atoms with E-state index in [2.05, 4.69) is 31.2 Å². The first kappa shape index (κ1) is 21.0. The molecule has 1 atom stereocenters. The van der Waals surface area contributed by atoms with Crippen molar-refractivity contribution in [3.63, 3.8) is 0 Å². The number of aliphatic carboxylic acids is 1. The molecule has 0 aliphatic heterocycles. The van der Waals surface area contributed by atoms with Crippen molar-refractivity contribution in [1.82, 2.24) is 0 Å². The Bertz CT molecular complexity index is 910. The minimum atomic E-state index is -0.709. The number of benzene rings is 2. The SMILES string of the molecule is Cc1ccc(-c2ccc(F)cc2COC23CCC(CCC(C)C(=O)O)(CC2)C3)cc1. The van der Waals surface area contributed by atoms with Gasteiger partial charge in [0.25, 0.3) is 0 Å². The van der Waals surface area contributed by atoms with Crippen molar-refractivity contribution in [2.24, 2.45) is 11.3 Å². The van der Waals surface area contributed by atoms with Crippen LogP contribution in [0.3, 0.4) is 0 Å². The van der Waals surface area contributed by atoms with Crippen LogP contribution in [-0.4, -0.2) is 16.7 Å². The van der Waals surface area contributed by atoms with Gasteiger partial charge >= 0.3 is 5.97 Å². The molecule has 0 radical (unpaired) electrons. The third-order valence-electron chi connectivity index (χ3n) is 7.41. The molecule has 3 nitrogen and oxygen atoms in total. The summed E-state index contributed by atoms with van der Waals surface area (Å²) in [6, 6.07) is 13.2. The molecular formula is C26H31FO3. The monoisotopic (exact) mass is 410 g/mol. The predicted molar refractivity (Wildman–Crippen MR) is 116 cm³/mol. The molecule has 1 unspecified atom stereocenters. The van der Waals surface area contributed by atoms with Crippen LogP contribution in [0.25, 0.3) is 11.1 Å². The van der Waals surface area contributed by atoms with Crippen LogP contribution in [0.5, 0.6) is 0 Å². The molecule has 2 bridgehead atoms. The quantitative estimate of drug-likeness (QED) is 0.539. The van der Waals surface area contributed by atoms with Crippen molar-refractivity contribution in [2.45, 2.75) is 71.0 Å². The molecule has 2 aliphatic carbocycles. The number of hydrogen-bond donors (Lipinski definition) is 1. The topological polar surface area (TPSA) is 46.5 Å². The van der Waals surface area contributed by atoms with Crippen LogP contribution in [0, 0.1) is 24.1 Å². The molecule has 4 heteroatoms. The Morgan fingerprint density at radius 3 is 2.50 bits per heavy atom. The summed E-state index contributed by atoms with van der Waals surface area (Å²) in [4.78, 5) is 11.2. The van der Waals surface area contributed by atoms with Crippen LogP contribution in [0.2, 0.25) is 0 Å². The van der Waals surface area contributed by atoms with Crippen LogP contribution in [-0.2, 0) is 16.1 Å². The van der Waals surface area contributed by atoms with E-state index in [4.69, 9.17) is 4.74 Å². The van der Waals surface area contributed by atoms with Crippen LogP contribution >= 0.6 is 0 Å². The Labute approximate surface area is 178 Å². The van der Waals surface area contributed by atoms with Crippen molar-refractivity contribution in [3.05, 3.63) is 59.4 Å². The molecule has 2 aliphatic rings. The lowest BCUT2D eigenvalue weighted by molar-refractivity contribution is -0.141. The van der Waals surface area contributed by atoms with E-state index in [0.717, 1.165) is 61.6 Å². The first-order chi connectivity index (χ1) is 14.3. The molecule has 1 N–H and O–H groups in total. The third kappa shape index (κ3) is 4.29. The highest BCUT2D eigenvalue weighted by Crippen LogP contribution is 2.60. The molecule has 2 aromatic rings.